The van der Waals surface area contributed by atoms with Crippen LogP contribution in [0.25, 0.3) is 16.8 Å². The zero-order chi connectivity index (χ0) is 25.1. The number of hydrogen-bond donors (Lipinski definition) is 1. The van der Waals surface area contributed by atoms with Crippen molar-refractivity contribution in [1.29, 1.82) is 0 Å². The summed E-state index contributed by atoms with van der Waals surface area (Å²) in [5.41, 5.74) is 9.70. The van der Waals surface area contributed by atoms with Crippen molar-refractivity contribution in [2.75, 3.05) is 25.4 Å². The molecule has 5 heterocycles. The number of aromatic nitrogens is 6. The van der Waals surface area contributed by atoms with Crippen LogP contribution in [0, 0.1) is 6.92 Å². The highest BCUT2D eigenvalue weighted by atomic mass is 35.5. The van der Waals surface area contributed by atoms with Crippen LogP contribution in [0.2, 0.25) is 5.15 Å². The van der Waals surface area contributed by atoms with E-state index in [4.69, 9.17) is 22.1 Å². The second kappa shape index (κ2) is 10.8. The third-order valence-corrected chi connectivity index (χ3v) is 7.00. The van der Waals surface area contributed by atoms with Gasteiger partial charge in [-0.1, -0.05) is 18.0 Å². The maximum Gasteiger partial charge on any atom is 0.165 e. The molecule has 1 aliphatic rings. The number of fused-ring (bicyclic) bond motifs is 1. The van der Waals surface area contributed by atoms with Crippen LogP contribution in [0.1, 0.15) is 43.6 Å². The van der Waals surface area contributed by atoms with Crippen LogP contribution in [-0.4, -0.2) is 60.0 Å². The smallest absolute Gasteiger partial charge is 0.165 e. The van der Waals surface area contributed by atoms with Gasteiger partial charge in [-0.05, 0) is 63.9 Å². The van der Waals surface area contributed by atoms with Gasteiger partial charge in [0.05, 0.1) is 11.7 Å². The molecule has 190 valence electrons. The van der Waals surface area contributed by atoms with Gasteiger partial charge in [0.2, 0.25) is 0 Å². The number of ether oxygens (including phenoxy) is 1. The molecule has 1 aliphatic heterocycles. The first kappa shape index (κ1) is 24.5. The Morgan fingerprint density at radius 2 is 2.06 bits per heavy atom. The van der Waals surface area contributed by atoms with Gasteiger partial charge in [0, 0.05) is 43.0 Å². The number of unbranched alkanes of at least 4 members (excludes halogenated alkanes) is 2. The molecule has 1 atom stereocenters. The van der Waals surface area contributed by atoms with E-state index in [0.717, 1.165) is 79.2 Å². The number of halogens is 1. The summed E-state index contributed by atoms with van der Waals surface area (Å²) in [6.07, 6.45) is 10.3. The second-order valence-electron chi connectivity index (χ2n) is 9.54. The molecule has 5 rings (SSSR count). The molecule has 1 fully saturated rings. The fourth-order valence-corrected chi connectivity index (χ4v) is 5.31. The Labute approximate surface area is 216 Å². The van der Waals surface area contributed by atoms with Crippen molar-refractivity contribution >= 4 is 22.9 Å². The van der Waals surface area contributed by atoms with Gasteiger partial charge in [0.25, 0.3) is 0 Å². The normalized spacial score (nSPS) is 16.2. The minimum Gasteiger partial charge on any atom is -0.488 e. The summed E-state index contributed by atoms with van der Waals surface area (Å²) in [5, 5.41) is 9.25. The minimum atomic E-state index is 0.425. The molecule has 10 heteroatoms. The Kier molecular flexibility index (Phi) is 7.38. The van der Waals surface area contributed by atoms with Gasteiger partial charge in [-0.25, -0.2) is 14.5 Å². The Hall–Kier alpha value is -3.17. The SMILES string of the molecule is Cc1cc(Cl)nc(CCCCCN2CCC[C@@H]2COc2cnn(C)c2-c2ccn3nc(N)cc3c2)n1. The summed E-state index contributed by atoms with van der Waals surface area (Å²) in [4.78, 5) is 11.4. The molecule has 0 bridgehead atoms. The molecule has 9 nitrogen and oxygen atoms in total. The van der Waals surface area contributed by atoms with E-state index in [0.29, 0.717) is 23.6 Å². The van der Waals surface area contributed by atoms with Gasteiger partial charge >= 0.3 is 0 Å². The topological polar surface area (TPSA) is 99.4 Å². The summed E-state index contributed by atoms with van der Waals surface area (Å²) < 4.78 is 9.98. The van der Waals surface area contributed by atoms with Crippen molar-refractivity contribution in [2.24, 2.45) is 7.05 Å². The van der Waals surface area contributed by atoms with Crippen molar-refractivity contribution < 1.29 is 4.74 Å². The van der Waals surface area contributed by atoms with Crippen LogP contribution < -0.4 is 10.5 Å². The zero-order valence-electron chi connectivity index (χ0n) is 20.9. The van der Waals surface area contributed by atoms with Gasteiger partial charge in [0.1, 0.15) is 29.1 Å². The number of likely N-dealkylation sites (tertiary alicyclic amines) is 1. The summed E-state index contributed by atoms with van der Waals surface area (Å²) >= 11 is 6.05. The van der Waals surface area contributed by atoms with E-state index in [-0.39, 0.29) is 0 Å². The molecule has 0 spiro atoms. The van der Waals surface area contributed by atoms with Gasteiger partial charge in [0.15, 0.2) is 5.75 Å². The first-order valence-corrected chi connectivity index (χ1v) is 13.0. The molecule has 4 aromatic rings. The first-order chi connectivity index (χ1) is 17.5. The molecule has 0 unspecified atom stereocenters. The van der Waals surface area contributed by atoms with Crippen molar-refractivity contribution in [3.8, 4) is 17.0 Å². The standard InChI is InChI=1S/C26H33ClN8O/c1-18-13-23(27)31-25(30-18)8-4-3-5-10-34-11-6-7-20(34)17-36-22-16-29-33(2)26(22)19-9-12-35-21(14-19)15-24(28)32-35/h9,12-16,20H,3-8,10-11,17H2,1-2H3,(H2,28,32)/t20-/m1/s1. The molecule has 0 aliphatic carbocycles. The molecule has 2 N–H and O–H groups in total. The quantitative estimate of drug-likeness (QED) is 0.251. The average Bonchev–Trinajstić information content (AvgIpc) is 3.53. The minimum absolute atomic E-state index is 0.425. The number of aryl methyl sites for hydroxylation is 3. The van der Waals surface area contributed by atoms with Gasteiger partial charge in [-0.2, -0.15) is 10.2 Å². The lowest BCUT2D eigenvalue weighted by atomic mass is 10.1. The van der Waals surface area contributed by atoms with E-state index >= 15 is 0 Å². The van der Waals surface area contributed by atoms with Crippen LogP contribution in [0.15, 0.2) is 36.7 Å². The third-order valence-electron chi connectivity index (χ3n) is 6.81. The van der Waals surface area contributed by atoms with Crippen molar-refractivity contribution in [3.05, 3.63) is 53.3 Å². The van der Waals surface area contributed by atoms with Gasteiger partial charge < -0.3 is 10.5 Å². The molecule has 0 saturated carbocycles. The molecular formula is C26H33ClN8O. The highest BCUT2D eigenvalue weighted by molar-refractivity contribution is 6.29. The van der Waals surface area contributed by atoms with E-state index in [2.05, 4.69) is 31.1 Å². The Bertz CT molecular complexity index is 1310. The van der Waals surface area contributed by atoms with Crippen molar-refractivity contribution in [2.45, 2.75) is 51.5 Å². The van der Waals surface area contributed by atoms with E-state index < -0.39 is 0 Å². The number of pyridine rings is 1. The molecule has 0 amide bonds. The average molecular weight is 509 g/mol. The summed E-state index contributed by atoms with van der Waals surface area (Å²) in [6.45, 7) is 4.83. The Morgan fingerprint density at radius 3 is 2.92 bits per heavy atom. The summed E-state index contributed by atoms with van der Waals surface area (Å²) in [6, 6.07) is 8.16. The van der Waals surface area contributed by atoms with Crippen molar-refractivity contribution in [3.63, 3.8) is 0 Å². The Morgan fingerprint density at radius 1 is 1.17 bits per heavy atom. The number of rotatable bonds is 10. The molecule has 0 radical (unpaired) electrons. The first-order valence-electron chi connectivity index (χ1n) is 12.6. The van der Waals surface area contributed by atoms with E-state index in [1.165, 1.54) is 6.42 Å². The highest BCUT2D eigenvalue weighted by Gasteiger charge is 2.25. The van der Waals surface area contributed by atoms with Gasteiger partial charge in [-0.3, -0.25) is 9.58 Å². The number of nitrogens with two attached hydrogens (primary N) is 1. The highest BCUT2D eigenvalue weighted by Crippen LogP contribution is 2.31. The lowest BCUT2D eigenvalue weighted by Gasteiger charge is -2.24. The number of nitrogen functional groups attached to an aromatic ring is 1. The van der Waals surface area contributed by atoms with Crippen molar-refractivity contribution in [1.82, 2.24) is 34.3 Å². The van der Waals surface area contributed by atoms with E-state index in [1.54, 1.807) is 10.6 Å². The summed E-state index contributed by atoms with van der Waals surface area (Å²) in [7, 11) is 1.94. The number of hydrogen-bond acceptors (Lipinski definition) is 7. The molecule has 0 aromatic carbocycles. The third kappa shape index (κ3) is 5.63. The van der Waals surface area contributed by atoms with Crippen LogP contribution in [0.4, 0.5) is 5.82 Å². The number of anilines is 1. The predicted molar refractivity (Wildman–Crippen MR) is 141 cm³/mol. The lowest BCUT2D eigenvalue weighted by molar-refractivity contribution is 0.171. The van der Waals surface area contributed by atoms with Crippen LogP contribution in [-0.2, 0) is 13.5 Å². The maximum atomic E-state index is 6.35. The zero-order valence-corrected chi connectivity index (χ0v) is 21.7. The van der Waals surface area contributed by atoms with Crippen LogP contribution in [0.3, 0.4) is 0 Å². The molecule has 4 aromatic heterocycles. The lowest BCUT2D eigenvalue weighted by Crippen LogP contribution is -2.35. The predicted octanol–water partition coefficient (Wildman–Crippen LogP) is 4.33. The van der Waals surface area contributed by atoms with E-state index in [1.807, 2.05) is 43.2 Å². The Balaban J connectivity index is 1.14. The second-order valence-corrected chi connectivity index (χ2v) is 9.92. The number of nitrogens with zero attached hydrogens (tertiary/aromatic N) is 7. The van der Waals surface area contributed by atoms with E-state index in [9.17, 15) is 0 Å². The fourth-order valence-electron chi connectivity index (χ4n) is 5.05. The molecule has 1 saturated heterocycles. The fraction of sp³-hybridized carbons (Fsp3) is 0.462. The maximum absolute atomic E-state index is 6.35. The van der Waals surface area contributed by atoms with Crippen LogP contribution in [0.5, 0.6) is 5.75 Å². The van der Waals surface area contributed by atoms with Crippen LogP contribution >= 0.6 is 11.6 Å². The molecular weight excluding hydrogens is 476 g/mol. The summed E-state index contributed by atoms with van der Waals surface area (Å²) in [5.74, 6) is 2.15. The largest absolute Gasteiger partial charge is 0.488 e. The monoisotopic (exact) mass is 508 g/mol. The van der Waals surface area contributed by atoms with Gasteiger partial charge in [-0.15, -0.1) is 0 Å². The molecule has 36 heavy (non-hydrogen) atoms.